The van der Waals surface area contributed by atoms with E-state index in [1.54, 1.807) is 12.1 Å². The van der Waals surface area contributed by atoms with E-state index in [0.717, 1.165) is 11.4 Å². The standard InChI is InChI=1S/C9H14N2O.2ClH/c1-7(10)6-12-9-4-2-8(11)3-5-9;;/h2-5,7H,6,10-11H2,1H3;2*1H. The maximum Gasteiger partial charge on any atom is 0.119 e. The number of hydrogen-bond donors (Lipinski definition) is 2. The first kappa shape index (κ1) is 15.8. The zero-order valence-corrected chi connectivity index (χ0v) is 9.61. The predicted molar refractivity (Wildman–Crippen MR) is 64.5 cm³/mol. The van der Waals surface area contributed by atoms with Crippen LogP contribution in [-0.4, -0.2) is 12.6 Å². The molecule has 0 aromatic heterocycles. The van der Waals surface area contributed by atoms with Crippen LogP contribution in [0.2, 0.25) is 0 Å². The Balaban J connectivity index is 0. The van der Waals surface area contributed by atoms with Crippen LogP contribution in [0.3, 0.4) is 0 Å². The Hall–Kier alpha value is -0.640. The van der Waals surface area contributed by atoms with Crippen molar-refractivity contribution in [2.24, 2.45) is 5.73 Å². The second kappa shape index (κ2) is 7.74. The summed E-state index contributed by atoms with van der Waals surface area (Å²) in [5.41, 5.74) is 11.8. The third-order valence-corrected chi connectivity index (χ3v) is 1.39. The van der Waals surface area contributed by atoms with Crippen molar-refractivity contribution in [1.29, 1.82) is 0 Å². The molecule has 1 rings (SSSR count). The first-order chi connectivity index (χ1) is 5.68. The Bertz CT molecular complexity index is 239. The van der Waals surface area contributed by atoms with Gasteiger partial charge < -0.3 is 16.2 Å². The molecular weight excluding hydrogens is 223 g/mol. The van der Waals surface area contributed by atoms with Crippen molar-refractivity contribution in [3.63, 3.8) is 0 Å². The Kier molecular flexibility index (Phi) is 8.74. The molecule has 0 fully saturated rings. The fourth-order valence-corrected chi connectivity index (χ4v) is 0.792. The second-order valence-corrected chi connectivity index (χ2v) is 2.86. The lowest BCUT2D eigenvalue weighted by atomic mass is 10.3. The molecule has 0 heterocycles. The average Bonchev–Trinajstić information content (AvgIpc) is 2.03. The average molecular weight is 239 g/mol. The van der Waals surface area contributed by atoms with Crippen molar-refractivity contribution in [3.05, 3.63) is 24.3 Å². The Morgan fingerprint density at radius 2 is 1.71 bits per heavy atom. The molecule has 5 heteroatoms. The summed E-state index contributed by atoms with van der Waals surface area (Å²) in [6.45, 7) is 2.43. The highest BCUT2D eigenvalue weighted by Gasteiger charge is 1.95. The minimum absolute atomic E-state index is 0. The van der Waals surface area contributed by atoms with Crippen LogP contribution in [-0.2, 0) is 0 Å². The summed E-state index contributed by atoms with van der Waals surface area (Å²) >= 11 is 0. The van der Waals surface area contributed by atoms with E-state index in [4.69, 9.17) is 16.2 Å². The van der Waals surface area contributed by atoms with Gasteiger partial charge in [-0.15, -0.1) is 24.8 Å². The summed E-state index contributed by atoms with van der Waals surface area (Å²) in [7, 11) is 0. The molecule has 82 valence electrons. The van der Waals surface area contributed by atoms with Crippen LogP contribution in [0.15, 0.2) is 24.3 Å². The van der Waals surface area contributed by atoms with Crippen LogP contribution in [0, 0.1) is 0 Å². The summed E-state index contributed by atoms with van der Waals surface area (Å²) in [4.78, 5) is 0. The highest BCUT2D eigenvalue weighted by Crippen LogP contribution is 2.12. The van der Waals surface area contributed by atoms with Crippen molar-refractivity contribution in [2.45, 2.75) is 13.0 Å². The van der Waals surface area contributed by atoms with Gasteiger partial charge in [0.1, 0.15) is 12.4 Å². The summed E-state index contributed by atoms with van der Waals surface area (Å²) < 4.78 is 5.34. The maximum atomic E-state index is 5.52. The summed E-state index contributed by atoms with van der Waals surface area (Å²) in [6.07, 6.45) is 0. The molecule has 0 saturated heterocycles. The number of rotatable bonds is 3. The van der Waals surface area contributed by atoms with Gasteiger partial charge in [-0.1, -0.05) is 0 Å². The summed E-state index contributed by atoms with van der Waals surface area (Å²) in [6, 6.07) is 7.32. The van der Waals surface area contributed by atoms with E-state index in [0.29, 0.717) is 6.61 Å². The molecule has 0 radical (unpaired) electrons. The van der Waals surface area contributed by atoms with Crippen molar-refractivity contribution in [3.8, 4) is 5.75 Å². The first-order valence-electron chi connectivity index (χ1n) is 3.92. The lowest BCUT2D eigenvalue weighted by Crippen LogP contribution is -2.23. The number of hydrogen-bond acceptors (Lipinski definition) is 3. The lowest BCUT2D eigenvalue weighted by molar-refractivity contribution is 0.296. The minimum atomic E-state index is 0. The van der Waals surface area contributed by atoms with Gasteiger partial charge in [-0.25, -0.2) is 0 Å². The van der Waals surface area contributed by atoms with Crippen molar-refractivity contribution in [1.82, 2.24) is 0 Å². The molecule has 1 aromatic carbocycles. The molecule has 0 aliphatic rings. The fraction of sp³-hybridized carbons (Fsp3) is 0.333. The first-order valence-corrected chi connectivity index (χ1v) is 3.92. The monoisotopic (exact) mass is 238 g/mol. The molecule has 0 spiro atoms. The van der Waals surface area contributed by atoms with E-state index in [1.165, 1.54) is 0 Å². The van der Waals surface area contributed by atoms with Crippen LogP contribution in [0.4, 0.5) is 5.69 Å². The zero-order chi connectivity index (χ0) is 8.97. The van der Waals surface area contributed by atoms with Gasteiger partial charge in [0.05, 0.1) is 0 Å². The molecule has 1 atom stereocenters. The Morgan fingerprint density at radius 1 is 1.21 bits per heavy atom. The quantitative estimate of drug-likeness (QED) is 0.791. The van der Waals surface area contributed by atoms with Crippen LogP contribution in [0.1, 0.15) is 6.92 Å². The van der Waals surface area contributed by atoms with Crippen molar-refractivity contribution < 1.29 is 4.74 Å². The van der Waals surface area contributed by atoms with E-state index < -0.39 is 0 Å². The van der Waals surface area contributed by atoms with E-state index >= 15 is 0 Å². The molecule has 1 unspecified atom stereocenters. The van der Waals surface area contributed by atoms with Gasteiger partial charge in [0.2, 0.25) is 0 Å². The van der Waals surface area contributed by atoms with Gasteiger partial charge >= 0.3 is 0 Å². The van der Waals surface area contributed by atoms with Crippen LogP contribution in [0.25, 0.3) is 0 Å². The van der Waals surface area contributed by atoms with E-state index in [9.17, 15) is 0 Å². The van der Waals surface area contributed by atoms with Gasteiger partial charge in [-0.05, 0) is 31.2 Å². The van der Waals surface area contributed by atoms with E-state index in [2.05, 4.69) is 0 Å². The highest BCUT2D eigenvalue weighted by atomic mass is 35.5. The zero-order valence-electron chi connectivity index (χ0n) is 7.97. The molecule has 3 nitrogen and oxygen atoms in total. The van der Waals surface area contributed by atoms with Gasteiger partial charge in [-0.3, -0.25) is 0 Å². The number of halogens is 2. The maximum absolute atomic E-state index is 5.52. The molecule has 0 bridgehead atoms. The summed E-state index contributed by atoms with van der Waals surface area (Å²) in [5, 5.41) is 0. The predicted octanol–water partition coefficient (Wildman–Crippen LogP) is 1.84. The Morgan fingerprint density at radius 3 is 2.14 bits per heavy atom. The number of anilines is 1. The number of ether oxygens (including phenoxy) is 1. The van der Waals surface area contributed by atoms with Crippen molar-refractivity contribution in [2.75, 3.05) is 12.3 Å². The molecule has 0 saturated carbocycles. The highest BCUT2D eigenvalue weighted by molar-refractivity contribution is 5.85. The van der Waals surface area contributed by atoms with Crippen molar-refractivity contribution >= 4 is 30.5 Å². The third-order valence-electron chi connectivity index (χ3n) is 1.39. The summed E-state index contributed by atoms with van der Waals surface area (Å²) in [5.74, 6) is 0.807. The number of benzene rings is 1. The van der Waals surface area contributed by atoms with Gasteiger partial charge in [0.25, 0.3) is 0 Å². The molecule has 0 amide bonds. The fourth-order valence-electron chi connectivity index (χ4n) is 0.792. The molecule has 0 aliphatic heterocycles. The van der Waals surface area contributed by atoms with Gasteiger partial charge in [0.15, 0.2) is 0 Å². The number of nitrogen functional groups attached to an aromatic ring is 1. The molecule has 0 aliphatic carbocycles. The SMILES string of the molecule is CC(N)COc1ccc(N)cc1.Cl.Cl. The topological polar surface area (TPSA) is 61.3 Å². The van der Waals surface area contributed by atoms with E-state index in [1.807, 2.05) is 19.1 Å². The molecule has 1 aromatic rings. The largest absolute Gasteiger partial charge is 0.492 e. The Labute approximate surface area is 96.6 Å². The lowest BCUT2D eigenvalue weighted by Gasteiger charge is -2.08. The van der Waals surface area contributed by atoms with Gasteiger partial charge in [-0.2, -0.15) is 0 Å². The van der Waals surface area contributed by atoms with Crippen LogP contribution < -0.4 is 16.2 Å². The molecular formula is C9H16Cl2N2O. The molecule has 14 heavy (non-hydrogen) atoms. The van der Waals surface area contributed by atoms with Crippen LogP contribution in [0.5, 0.6) is 5.75 Å². The molecule has 4 N–H and O–H groups in total. The number of nitrogens with two attached hydrogens (primary N) is 2. The minimum Gasteiger partial charge on any atom is -0.492 e. The normalized spacial score (nSPS) is 10.7. The smallest absolute Gasteiger partial charge is 0.119 e. The van der Waals surface area contributed by atoms with Crippen LogP contribution >= 0.6 is 24.8 Å². The third kappa shape index (κ3) is 5.91. The van der Waals surface area contributed by atoms with Gasteiger partial charge in [0, 0.05) is 11.7 Å². The van der Waals surface area contributed by atoms with E-state index in [-0.39, 0.29) is 30.9 Å². The second-order valence-electron chi connectivity index (χ2n) is 2.86.